The van der Waals surface area contributed by atoms with Gasteiger partial charge < -0.3 is 10.4 Å². The Hall–Kier alpha value is -1.46. The summed E-state index contributed by atoms with van der Waals surface area (Å²) in [7, 11) is 0. The molecular weight excluding hydrogens is 258 g/mol. The molecule has 0 spiro atoms. The van der Waals surface area contributed by atoms with Gasteiger partial charge in [-0.2, -0.15) is 4.37 Å². The van der Waals surface area contributed by atoms with E-state index in [2.05, 4.69) is 35.4 Å². The highest BCUT2D eigenvalue weighted by molar-refractivity contribution is 7.09. The zero-order valence-corrected chi connectivity index (χ0v) is 12.2. The fraction of sp³-hybridized carbons (Fsp3) is 0.429. The van der Waals surface area contributed by atoms with Gasteiger partial charge in [0.05, 0.1) is 12.6 Å². The second-order valence-electron chi connectivity index (χ2n) is 5.46. The SMILES string of the molecule is CC(C)(C)c1nsc(NC(CO)c2ccccc2)n1. The Morgan fingerprint density at radius 3 is 2.47 bits per heavy atom. The molecule has 4 nitrogen and oxygen atoms in total. The minimum atomic E-state index is -0.151. The highest BCUT2D eigenvalue weighted by Crippen LogP contribution is 2.25. The molecule has 1 heterocycles. The average Bonchev–Trinajstić information content (AvgIpc) is 2.85. The standard InChI is InChI=1S/C14H19N3OS/c1-14(2,3)12-16-13(19-17-12)15-11(9-18)10-7-5-4-6-8-10/h4-8,11,18H,9H2,1-3H3,(H,15,16,17). The van der Waals surface area contributed by atoms with E-state index >= 15 is 0 Å². The summed E-state index contributed by atoms with van der Waals surface area (Å²) < 4.78 is 4.35. The summed E-state index contributed by atoms with van der Waals surface area (Å²) >= 11 is 1.33. The average molecular weight is 277 g/mol. The molecule has 0 aliphatic rings. The maximum atomic E-state index is 9.50. The molecule has 0 aliphatic carbocycles. The molecular formula is C14H19N3OS. The summed E-state index contributed by atoms with van der Waals surface area (Å²) in [4.78, 5) is 4.48. The fourth-order valence-corrected chi connectivity index (χ4v) is 2.47. The van der Waals surface area contributed by atoms with Crippen molar-refractivity contribution in [3.8, 4) is 0 Å². The lowest BCUT2D eigenvalue weighted by Crippen LogP contribution is -2.16. The summed E-state index contributed by atoms with van der Waals surface area (Å²) in [5.41, 5.74) is 0.982. The molecule has 2 rings (SSSR count). The van der Waals surface area contributed by atoms with E-state index in [1.807, 2.05) is 30.3 Å². The topological polar surface area (TPSA) is 58.0 Å². The highest BCUT2D eigenvalue weighted by Gasteiger charge is 2.20. The molecule has 19 heavy (non-hydrogen) atoms. The molecule has 0 fully saturated rings. The first-order valence-corrected chi connectivity index (χ1v) is 7.04. The largest absolute Gasteiger partial charge is 0.394 e. The lowest BCUT2D eigenvalue weighted by atomic mass is 9.96. The zero-order chi connectivity index (χ0) is 13.9. The molecule has 0 saturated carbocycles. The Morgan fingerprint density at radius 2 is 1.95 bits per heavy atom. The van der Waals surface area contributed by atoms with Crippen LogP contribution < -0.4 is 5.32 Å². The van der Waals surface area contributed by atoms with Crippen LogP contribution in [0.4, 0.5) is 5.13 Å². The second-order valence-corrected chi connectivity index (χ2v) is 6.22. The summed E-state index contributed by atoms with van der Waals surface area (Å²) in [5, 5.41) is 13.5. The first kappa shape index (κ1) is 14.0. The second kappa shape index (κ2) is 5.67. The van der Waals surface area contributed by atoms with Crippen molar-refractivity contribution < 1.29 is 5.11 Å². The van der Waals surface area contributed by atoms with Gasteiger partial charge in [-0.25, -0.2) is 4.98 Å². The van der Waals surface area contributed by atoms with Gasteiger partial charge in [0.25, 0.3) is 0 Å². The predicted octanol–water partition coefficient (Wildman–Crippen LogP) is 2.98. The minimum absolute atomic E-state index is 0.0223. The van der Waals surface area contributed by atoms with Crippen molar-refractivity contribution in [1.82, 2.24) is 9.36 Å². The van der Waals surface area contributed by atoms with Gasteiger partial charge in [0.1, 0.15) is 5.82 Å². The Bertz CT molecular complexity index is 519. The van der Waals surface area contributed by atoms with Crippen molar-refractivity contribution in [2.45, 2.75) is 32.2 Å². The Morgan fingerprint density at radius 1 is 1.26 bits per heavy atom. The number of aliphatic hydroxyl groups is 1. The number of nitrogens with zero attached hydrogens (tertiary/aromatic N) is 2. The summed E-state index contributed by atoms with van der Waals surface area (Å²) in [6.45, 7) is 6.27. The van der Waals surface area contributed by atoms with Crippen molar-refractivity contribution >= 4 is 16.7 Å². The van der Waals surface area contributed by atoms with Crippen LogP contribution in [0, 0.1) is 0 Å². The maximum Gasteiger partial charge on any atom is 0.203 e. The van der Waals surface area contributed by atoms with Crippen molar-refractivity contribution in [3.63, 3.8) is 0 Å². The van der Waals surface area contributed by atoms with E-state index in [1.54, 1.807) is 0 Å². The van der Waals surface area contributed by atoms with Gasteiger partial charge in [-0.15, -0.1) is 0 Å². The van der Waals surface area contributed by atoms with Gasteiger partial charge in [0, 0.05) is 16.9 Å². The molecule has 0 amide bonds. The first-order valence-electron chi connectivity index (χ1n) is 6.27. The molecule has 1 atom stereocenters. The smallest absolute Gasteiger partial charge is 0.203 e. The van der Waals surface area contributed by atoms with E-state index in [4.69, 9.17) is 0 Å². The molecule has 0 radical (unpaired) electrons. The highest BCUT2D eigenvalue weighted by atomic mass is 32.1. The molecule has 1 aromatic carbocycles. The third-order valence-corrected chi connectivity index (χ3v) is 3.43. The van der Waals surface area contributed by atoms with E-state index < -0.39 is 0 Å². The lowest BCUT2D eigenvalue weighted by molar-refractivity contribution is 0.276. The first-order chi connectivity index (χ1) is 9.00. The molecule has 5 heteroatoms. The normalized spacial score (nSPS) is 13.3. The van der Waals surface area contributed by atoms with E-state index in [0.717, 1.165) is 16.5 Å². The Labute approximate surface area is 117 Å². The van der Waals surface area contributed by atoms with Crippen LogP contribution in [0.2, 0.25) is 0 Å². The van der Waals surface area contributed by atoms with Crippen molar-refractivity contribution in [1.29, 1.82) is 0 Å². The quantitative estimate of drug-likeness (QED) is 0.902. The predicted molar refractivity (Wildman–Crippen MR) is 78.5 cm³/mol. The van der Waals surface area contributed by atoms with E-state index in [1.165, 1.54) is 11.5 Å². The van der Waals surface area contributed by atoms with E-state index in [-0.39, 0.29) is 18.1 Å². The van der Waals surface area contributed by atoms with E-state index in [9.17, 15) is 5.11 Å². The summed E-state index contributed by atoms with van der Waals surface area (Å²) in [6, 6.07) is 9.70. The number of nitrogens with one attached hydrogen (secondary N) is 1. The summed E-state index contributed by atoms with van der Waals surface area (Å²) in [5.74, 6) is 0.824. The third kappa shape index (κ3) is 3.52. The van der Waals surface area contributed by atoms with Crippen LogP contribution in [0.5, 0.6) is 0 Å². The molecule has 2 N–H and O–H groups in total. The summed E-state index contributed by atoms with van der Waals surface area (Å²) in [6.07, 6.45) is 0. The molecule has 0 bridgehead atoms. The van der Waals surface area contributed by atoms with Crippen molar-refractivity contribution in [3.05, 3.63) is 41.7 Å². The Kier molecular flexibility index (Phi) is 4.17. The number of benzene rings is 1. The number of aliphatic hydroxyl groups excluding tert-OH is 1. The van der Waals surface area contributed by atoms with Crippen LogP contribution in [0.3, 0.4) is 0 Å². The number of anilines is 1. The number of hydrogen-bond acceptors (Lipinski definition) is 5. The van der Waals surface area contributed by atoms with Crippen molar-refractivity contribution in [2.24, 2.45) is 0 Å². The van der Waals surface area contributed by atoms with Gasteiger partial charge >= 0.3 is 0 Å². The molecule has 2 aromatic rings. The van der Waals surface area contributed by atoms with Gasteiger partial charge in [0.2, 0.25) is 5.13 Å². The number of hydrogen-bond donors (Lipinski definition) is 2. The van der Waals surface area contributed by atoms with Gasteiger partial charge in [-0.1, -0.05) is 51.1 Å². The van der Waals surface area contributed by atoms with Crippen LogP contribution in [-0.4, -0.2) is 21.1 Å². The zero-order valence-electron chi connectivity index (χ0n) is 11.4. The minimum Gasteiger partial charge on any atom is -0.394 e. The fourth-order valence-electron chi connectivity index (χ4n) is 1.66. The third-order valence-electron chi connectivity index (χ3n) is 2.78. The van der Waals surface area contributed by atoms with Crippen molar-refractivity contribution in [2.75, 3.05) is 11.9 Å². The molecule has 1 aromatic heterocycles. The van der Waals surface area contributed by atoms with Crippen LogP contribution in [-0.2, 0) is 5.41 Å². The van der Waals surface area contributed by atoms with Gasteiger partial charge in [-0.3, -0.25) is 0 Å². The molecule has 102 valence electrons. The lowest BCUT2D eigenvalue weighted by Gasteiger charge is -2.16. The van der Waals surface area contributed by atoms with Crippen LogP contribution >= 0.6 is 11.5 Å². The van der Waals surface area contributed by atoms with Crippen LogP contribution in [0.1, 0.15) is 38.2 Å². The maximum absolute atomic E-state index is 9.50. The van der Waals surface area contributed by atoms with E-state index in [0.29, 0.717) is 0 Å². The number of aromatic nitrogens is 2. The van der Waals surface area contributed by atoms with Gasteiger partial charge in [-0.05, 0) is 5.56 Å². The van der Waals surface area contributed by atoms with Crippen LogP contribution in [0.15, 0.2) is 30.3 Å². The molecule has 1 unspecified atom stereocenters. The number of rotatable bonds is 4. The Balaban J connectivity index is 2.13. The monoisotopic (exact) mass is 277 g/mol. The van der Waals surface area contributed by atoms with Gasteiger partial charge in [0.15, 0.2) is 0 Å². The molecule has 0 saturated heterocycles. The molecule has 0 aliphatic heterocycles. The van der Waals surface area contributed by atoms with Crippen LogP contribution in [0.25, 0.3) is 0 Å².